The second kappa shape index (κ2) is 9.00. The third-order valence-corrected chi connectivity index (χ3v) is 3.06. The van der Waals surface area contributed by atoms with Crippen LogP contribution in [-0.4, -0.2) is 48.6 Å². The standard InChI is InChI=1S/C17H24N2O3/c1-13(20)12-18-17(22)15-9-6-8-14(11-15)7-4-5-10-16(21)19(2)3/h4-6,8-9,11,13,20H,7,10,12H2,1-3H3,(H,18,22). The summed E-state index contributed by atoms with van der Waals surface area (Å²) < 4.78 is 0. The molecule has 1 aromatic rings. The predicted molar refractivity (Wildman–Crippen MR) is 86.6 cm³/mol. The molecule has 0 aliphatic rings. The van der Waals surface area contributed by atoms with E-state index in [1.54, 1.807) is 32.0 Å². The first kappa shape index (κ1) is 17.9. The van der Waals surface area contributed by atoms with Crippen LogP contribution in [0.2, 0.25) is 0 Å². The summed E-state index contributed by atoms with van der Waals surface area (Å²) in [6.45, 7) is 1.85. The van der Waals surface area contributed by atoms with Crippen LogP contribution in [0.1, 0.15) is 29.3 Å². The summed E-state index contributed by atoms with van der Waals surface area (Å²) in [5, 5.41) is 11.8. The number of aliphatic hydroxyl groups is 1. The molecule has 120 valence electrons. The Morgan fingerprint density at radius 3 is 2.68 bits per heavy atom. The van der Waals surface area contributed by atoms with E-state index < -0.39 is 6.10 Å². The number of amides is 2. The molecule has 22 heavy (non-hydrogen) atoms. The Hall–Kier alpha value is -2.14. The van der Waals surface area contributed by atoms with Crippen molar-refractivity contribution < 1.29 is 14.7 Å². The van der Waals surface area contributed by atoms with Crippen molar-refractivity contribution in [1.29, 1.82) is 0 Å². The number of carbonyl (C=O) groups is 2. The maximum Gasteiger partial charge on any atom is 0.251 e. The van der Waals surface area contributed by atoms with E-state index >= 15 is 0 Å². The molecule has 2 N–H and O–H groups in total. The number of aliphatic hydroxyl groups excluding tert-OH is 1. The van der Waals surface area contributed by atoms with Gasteiger partial charge in [-0.15, -0.1) is 0 Å². The molecule has 1 atom stereocenters. The molecule has 0 saturated heterocycles. The Bertz CT molecular complexity index is 536. The van der Waals surface area contributed by atoms with E-state index in [1.807, 2.05) is 30.4 Å². The molecule has 0 heterocycles. The lowest BCUT2D eigenvalue weighted by molar-refractivity contribution is -0.127. The maximum atomic E-state index is 11.9. The van der Waals surface area contributed by atoms with Gasteiger partial charge >= 0.3 is 0 Å². The minimum Gasteiger partial charge on any atom is -0.392 e. The molecule has 2 amide bonds. The highest BCUT2D eigenvalue weighted by Crippen LogP contribution is 2.07. The Kier molecular flexibility index (Phi) is 7.32. The van der Waals surface area contributed by atoms with Gasteiger partial charge in [-0.2, -0.15) is 0 Å². The van der Waals surface area contributed by atoms with Gasteiger partial charge in [-0.05, 0) is 31.0 Å². The zero-order valence-electron chi connectivity index (χ0n) is 13.4. The monoisotopic (exact) mass is 304 g/mol. The van der Waals surface area contributed by atoms with Crippen LogP contribution in [0.3, 0.4) is 0 Å². The third-order valence-electron chi connectivity index (χ3n) is 3.06. The second-order valence-corrected chi connectivity index (χ2v) is 5.43. The summed E-state index contributed by atoms with van der Waals surface area (Å²) in [6.07, 6.45) is 4.24. The van der Waals surface area contributed by atoms with E-state index in [9.17, 15) is 14.7 Å². The smallest absolute Gasteiger partial charge is 0.251 e. The zero-order valence-corrected chi connectivity index (χ0v) is 13.4. The van der Waals surface area contributed by atoms with Gasteiger partial charge in [0.1, 0.15) is 0 Å². The molecule has 5 heteroatoms. The Labute approximate surface area is 131 Å². The van der Waals surface area contributed by atoms with Crippen LogP contribution in [0, 0.1) is 0 Å². The Morgan fingerprint density at radius 1 is 1.32 bits per heavy atom. The van der Waals surface area contributed by atoms with Crippen LogP contribution in [0.4, 0.5) is 0 Å². The number of carbonyl (C=O) groups excluding carboxylic acids is 2. The molecule has 0 radical (unpaired) electrons. The number of allylic oxidation sites excluding steroid dienone is 1. The zero-order chi connectivity index (χ0) is 16.5. The third kappa shape index (κ3) is 6.54. The summed E-state index contributed by atoms with van der Waals surface area (Å²) in [5.74, 6) is -0.142. The molecule has 5 nitrogen and oxygen atoms in total. The van der Waals surface area contributed by atoms with Crippen LogP contribution in [0.15, 0.2) is 36.4 Å². The number of nitrogens with zero attached hydrogens (tertiary/aromatic N) is 1. The van der Waals surface area contributed by atoms with Gasteiger partial charge in [0.15, 0.2) is 0 Å². The fourth-order valence-electron chi connectivity index (χ4n) is 1.77. The molecule has 0 fully saturated rings. The molecule has 1 rings (SSSR count). The van der Waals surface area contributed by atoms with E-state index in [-0.39, 0.29) is 18.4 Å². The lowest BCUT2D eigenvalue weighted by Crippen LogP contribution is -2.30. The van der Waals surface area contributed by atoms with Crippen molar-refractivity contribution in [3.05, 3.63) is 47.5 Å². The van der Waals surface area contributed by atoms with Crippen LogP contribution < -0.4 is 5.32 Å². The number of hydrogen-bond donors (Lipinski definition) is 2. The first-order valence-electron chi connectivity index (χ1n) is 7.30. The number of rotatable bonds is 7. The average molecular weight is 304 g/mol. The van der Waals surface area contributed by atoms with Gasteiger partial charge in [-0.1, -0.05) is 24.3 Å². The largest absolute Gasteiger partial charge is 0.392 e. The topological polar surface area (TPSA) is 69.6 Å². The van der Waals surface area contributed by atoms with Crippen molar-refractivity contribution in [2.75, 3.05) is 20.6 Å². The minimum absolute atomic E-state index is 0.0579. The maximum absolute atomic E-state index is 11.9. The molecule has 0 spiro atoms. The van der Waals surface area contributed by atoms with Crippen LogP contribution in [0.5, 0.6) is 0 Å². The van der Waals surface area contributed by atoms with Gasteiger partial charge in [0.25, 0.3) is 5.91 Å². The van der Waals surface area contributed by atoms with Gasteiger partial charge in [-0.3, -0.25) is 9.59 Å². The molecular weight excluding hydrogens is 280 g/mol. The fraction of sp³-hybridized carbons (Fsp3) is 0.412. The van der Waals surface area contributed by atoms with Gasteiger partial charge in [0, 0.05) is 32.6 Å². The van der Waals surface area contributed by atoms with Crippen molar-refractivity contribution in [1.82, 2.24) is 10.2 Å². The molecule has 1 unspecified atom stereocenters. The summed E-state index contributed by atoms with van der Waals surface area (Å²) in [4.78, 5) is 24.9. The highest BCUT2D eigenvalue weighted by atomic mass is 16.3. The summed E-state index contributed by atoms with van der Waals surface area (Å²) in [6, 6.07) is 7.31. The highest BCUT2D eigenvalue weighted by molar-refractivity contribution is 5.94. The molecule has 0 aromatic heterocycles. The normalized spacial score (nSPS) is 12.2. The van der Waals surface area contributed by atoms with E-state index in [0.29, 0.717) is 18.4 Å². The van der Waals surface area contributed by atoms with Crippen molar-refractivity contribution in [3.8, 4) is 0 Å². The lowest BCUT2D eigenvalue weighted by Gasteiger charge is -2.08. The van der Waals surface area contributed by atoms with Gasteiger partial charge < -0.3 is 15.3 Å². The Morgan fingerprint density at radius 2 is 2.05 bits per heavy atom. The first-order valence-corrected chi connectivity index (χ1v) is 7.30. The number of nitrogens with one attached hydrogen (secondary N) is 1. The van der Waals surface area contributed by atoms with Gasteiger partial charge in [0.2, 0.25) is 5.91 Å². The summed E-state index contributed by atoms with van der Waals surface area (Å²) >= 11 is 0. The van der Waals surface area contributed by atoms with E-state index in [4.69, 9.17) is 0 Å². The van der Waals surface area contributed by atoms with Crippen LogP contribution in [0.25, 0.3) is 0 Å². The quantitative estimate of drug-likeness (QED) is 0.748. The fourth-order valence-corrected chi connectivity index (χ4v) is 1.77. The van der Waals surface area contributed by atoms with Crippen LogP contribution >= 0.6 is 0 Å². The van der Waals surface area contributed by atoms with Crippen molar-refractivity contribution >= 4 is 11.8 Å². The van der Waals surface area contributed by atoms with E-state index in [2.05, 4.69) is 5.32 Å². The SMILES string of the molecule is CC(O)CNC(=O)c1cccc(CC=CCC(=O)N(C)C)c1. The van der Waals surface area contributed by atoms with E-state index in [0.717, 1.165) is 5.56 Å². The molecule has 0 bridgehead atoms. The van der Waals surface area contributed by atoms with Crippen molar-refractivity contribution in [2.45, 2.75) is 25.9 Å². The van der Waals surface area contributed by atoms with Gasteiger partial charge in [-0.25, -0.2) is 0 Å². The molecule has 0 aliphatic heterocycles. The molecule has 0 aliphatic carbocycles. The Balaban J connectivity index is 2.55. The van der Waals surface area contributed by atoms with E-state index in [1.165, 1.54) is 0 Å². The van der Waals surface area contributed by atoms with Crippen molar-refractivity contribution in [2.24, 2.45) is 0 Å². The minimum atomic E-state index is -0.565. The summed E-state index contributed by atoms with van der Waals surface area (Å²) in [7, 11) is 3.46. The first-order chi connectivity index (χ1) is 10.4. The lowest BCUT2D eigenvalue weighted by atomic mass is 10.1. The predicted octanol–water partition coefficient (Wildman–Crippen LogP) is 1.37. The molecule has 1 aromatic carbocycles. The van der Waals surface area contributed by atoms with Gasteiger partial charge in [0.05, 0.1) is 6.10 Å². The average Bonchev–Trinajstić information content (AvgIpc) is 2.49. The highest BCUT2D eigenvalue weighted by Gasteiger charge is 2.06. The number of benzene rings is 1. The van der Waals surface area contributed by atoms with Crippen LogP contribution in [-0.2, 0) is 11.2 Å². The molecular formula is C17H24N2O3. The second-order valence-electron chi connectivity index (χ2n) is 5.43. The van der Waals surface area contributed by atoms with Crippen molar-refractivity contribution in [3.63, 3.8) is 0 Å². The number of hydrogen-bond acceptors (Lipinski definition) is 3. The summed E-state index contributed by atoms with van der Waals surface area (Å²) in [5.41, 5.74) is 1.56. The molecule has 0 saturated carbocycles.